The Labute approximate surface area is 195 Å². The van der Waals surface area contributed by atoms with Crippen molar-refractivity contribution in [3.05, 3.63) is 82.5 Å². The van der Waals surface area contributed by atoms with Gasteiger partial charge in [0.05, 0.1) is 19.3 Å². The van der Waals surface area contributed by atoms with Crippen LogP contribution in [0.3, 0.4) is 0 Å². The minimum absolute atomic E-state index is 0.149. The smallest absolute Gasteiger partial charge is 0.265 e. The molecule has 9 nitrogen and oxygen atoms in total. The van der Waals surface area contributed by atoms with Gasteiger partial charge in [-0.25, -0.2) is 9.67 Å². The molecule has 2 atom stereocenters. The summed E-state index contributed by atoms with van der Waals surface area (Å²) in [6.45, 7) is 4.93. The van der Waals surface area contributed by atoms with Crippen LogP contribution in [0.1, 0.15) is 18.1 Å². The Morgan fingerprint density at radius 3 is 2.62 bits per heavy atom. The standard InChI is InChI=1S/C25H25N5O4/c1-16-7-3-4-8-18(16)14-29-15-27-23-19(25(29)32)13-28-30(23)12-11-26-24(31)22-17(2)33-20-9-5-6-10-21(20)34-22/h3-10,13,15,17,22H,11-12,14H2,1-2H3,(H,26,31). The third kappa shape index (κ3) is 4.12. The largest absolute Gasteiger partial charge is 0.482 e. The number of carbonyl (C=O) groups excluding carboxylic acids is 1. The maximum Gasteiger partial charge on any atom is 0.265 e. The molecule has 0 fully saturated rings. The molecule has 5 rings (SSSR count). The van der Waals surface area contributed by atoms with Gasteiger partial charge in [0.2, 0.25) is 6.10 Å². The van der Waals surface area contributed by atoms with Crippen molar-refractivity contribution in [1.82, 2.24) is 24.6 Å². The van der Waals surface area contributed by atoms with Crippen LogP contribution in [-0.4, -0.2) is 44.0 Å². The average molecular weight is 460 g/mol. The molecule has 34 heavy (non-hydrogen) atoms. The first-order chi connectivity index (χ1) is 16.5. The zero-order chi connectivity index (χ0) is 23.7. The highest BCUT2D eigenvalue weighted by molar-refractivity contribution is 5.82. The first-order valence-corrected chi connectivity index (χ1v) is 11.2. The number of rotatable bonds is 6. The highest BCUT2D eigenvalue weighted by atomic mass is 16.6. The molecule has 1 N–H and O–H groups in total. The number of aromatic nitrogens is 4. The summed E-state index contributed by atoms with van der Waals surface area (Å²) in [6, 6.07) is 15.2. The van der Waals surface area contributed by atoms with Gasteiger partial charge in [0.25, 0.3) is 11.5 Å². The number of nitrogens with zero attached hydrogens (tertiary/aromatic N) is 4. The van der Waals surface area contributed by atoms with E-state index >= 15 is 0 Å². The fraction of sp³-hybridized carbons (Fsp3) is 0.280. The molecule has 2 aromatic heterocycles. The maximum absolute atomic E-state index is 13.0. The predicted molar refractivity (Wildman–Crippen MR) is 126 cm³/mol. The van der Waals surface area contributed by atoms with E-state index in [0.717, 1.165) is 11.1 Å². The van der Waals surface area contributed by atoms with Crippen molar-refractivity contribution in [3.8, 4) is 11.5 Å². The quantitative estimate of drug-likeness (QED) is 0.475. The van der Waals surface area contributed by atoms with Crippen LogP contribution in [0.15, 0.2) is 65.8 Å². The van der Waals surface area contributed by atoms with E-state index < -0.39 is 12.2 Å². The van der Waals surface area contributed by atoms with Gasteiger partial charge in [-0.15, -0.1) is 0 Å². The lowest BCUT2D eigenvalue weighted by atomic mass is 10.1. The topological polar surface area (TPSA) is 100 Å². The highest BCUT2D eigenvalue weighted by Crippen LogP contribution is 2.33. The molecule has 174 valence electrons. The van der Waals surface area contributed by atoms with Gasteiger partial charge < -0.3 is 14.8 Å². The summed E-state index contributed by atoms with van der Waals surface area (Å²) in [5.41, 5.74) is 2.52. The zero-order valence-corrected chi connectivity index (χ0v) is 19.0. The number of benzene rings is 2. The summed E-state index contributed by atoms with van der Waals surface area (Å²) in [6.07, 6.45) is 1.89. The van der Waals surface area contributed by atoms with Gasteiger partial charge in [-0.05, 0) is 37.1 Å². The number of hydrogen-bond acceptors (Lipinski definition) is 6. The van der Waals surface area contributed by atoms with Crippen molar-refractivity contribution in [2.75, 3.05) is 6.54 Å². The van der Waals surface area contributed by atoms with Gasteiger partial charge in [0.15, 0.2) is 17.1 Å². The number of para-hydroxylation sites is 2. The van der Waals surface area contributed by atoms with Gasteiger partial charge in [-0.1, -0.05) is 36.4 Å². The minimum Gasteiger partial charge on any atom is -0.482 e. The number of amides is 1. The molecular weight excluding hydrogens is 434 g/mol. The van der Waals surface area contributed by atoms with E-state index in [1.165, 1.54) is 6.20 Å². The summed E-state index contributed by atoms with van der Waals surface area (Å²) >= 11 is 0. The molecule has 1 amide bonds. The molecule has 0 saturated carbocycles. The summed E-state index contributed by atoms with van der Waals surface area (Å²) in [7, 11) is 0. The lowest BCUT2D eigenvalue weighted by molar-refractivity contribution is -0.133. The van der Waals surface area contributed by atoms with Crippen molar-refractivity contribution < 1.29 is 14.3 Å². The summed E-state index contributed by atoms with van der Waals surface area (Å²) < 4.78 is 14.8. The molecular formula is C25H25N5O4. The van der Waals surface area contributed by atoms with Crippen LogP contribution in [-0.2, 0) is 17.9 Å². The van der Waals surface area contributed by atoms with Crippen LogP contribution >= 0.6 is 0 Å². The highest BCUT2D eigenvalue weighted by Gasteiger charge is 2.33. The predicted octanol–water partition coefficient (Wildman–Crippen LogP) is 2.29. The Hall–Kier alpha value is -4.14. The van der Waals surface area contributed by atoms with Crippen LogP contribution in [0.2, 0.25) is 0 Å². The van der Waals surface area contributed by atoms with E-state index in [9.17, 15) is 9.59 Å². The van der Waals surface area contributed by atoms with Crippen molar-refractivity contribution in [3.63, 3.8) is 0 Å². The van der Waals surface area contributed by atoms with Gasteiger partial charge >= 0.3 is 0 Å². The first-order valence-electron chi connectivity index (χ1n) is 11.2. The van der Waals surface area contributed by atoms with Gasteiger partial charge in [0.1, 0.15) is 17.8 Å². The Kier molecular flexibility index (Phi) is 5.75. The monoisotopic (exact) mass is 459 g/mol. The minimum atomic E-state index is -0.754. The summed E-state index contributed by atoms with van der Waals surface area (Å²) in [5.74, 6) is 0.901. The van der Waals surface area contributed by atoms with Gasteiger partial charge in [-0.3, -0.25) is 14.2 Å². The molecule has 4 aromatic rings. The Morgan fingerprint density at radius 2 is 1.82 bits per heavy atom. The van der Waals surface area contributed by atoms with Crippen molar-refractivity contribution in [2.45, 2.75) is 39.1 Å². The van der Waals surface area contributed by atoms with Crippen LogP contribution in [0.5, 0.6) is 11.5 Å². The second-order valence-corrected chi connectivity index (χ2v) is 8.31. The average Bonchev–Trinajstić information content (AvgIpc) is 3.25. The second kappa shape index (κ2) is 9.01. The zero-order valence-electron chi connectivity index (χ0n) is 19.0. The first kappa shape index (κ1) is 21.7. The number of carbonyl (C=O) groups is 1. The molecule has 1 aliphatic heterocycles. The van der Waals surface area contributed by atoms with Crippen LogP contribution in [0.25, 0.3) is 11.0 Å². The number of aryl methyl sites for hydroxylation is 1. The number of nitrogens with one attached hydrogen (secondary N) is 1. The fourth-order valence-corrected chi connectivity index (χ4v) is 4.04. The molecule has 0 saturated heterocycles. The van der Waals surface area contributed by atoms with Gasteiger partial charge in [-0.2, -0.15) is 5.10 Å². The molecule has 0 aliphatic carbocycles. The third-order valence-corrected chi connectivity index (χ3v) is 5.95. The SMILES string of the molecule is Cc1ccccc1Cn1cnc2c(cnn2CCNC(=O)C2Oc3ccccc3OC2C)c1=O. The Bertz CT molecular complexity index is 1410. The molecule has 9 heteroatoms. The Morgan fingerprint density at radius 1 is 1.09 bits per heavy atom. The van der Waals surface area contributed by atoms with Crippen LogP contribution in [0.4, 0.5) is 0 Å². The van der Waals surface area contributed by atoms with Crippen LogP contribution in [0, 0.1) is 6.92 Å². The van der Waals surface area contributed by atoms with E-state index in [2.05, 4.69) is 15.4 Å². The van der Waals surface area contributed by atoms with E-state index in [-0.39, 0.29) is 11.5 Å². The lowest BCUT2D eigenvalue weighted by Gasteiger charge is -2.31. The summed E-state index contributed by atoms with van der Waals surface area (Å²) in [4.78, 5) is 30.1. The number of hydrogen-bond donors (Lipinski definition) is 1. The maximum atomic E-state index is 13.0. The van der Waals surface area contributed by atoms with E-state index in [1.54, 1.807) is 28.6 Å². The van der Waals surface area contributed by atoms with E-state index in [0.29, 0.717) is 42.2 Å². The lowest BCUT2D eigenvalue weighted by Crippen LogP contribution is -2.49. The van der Waals surface area contributed by atoms with E-state index in [1.807, 2.05) is 49.4 Å². The summed E-state index contributed by atoms with van der Waals surface area (Å²) in [5, 5.41) is 7.62. The Balaban J connectivity index is 1.24. The van der Waals surface area contributed by atoms with E-state index in [4.69, 9.17) is 9.47 Å². The fourth-order valence-electron chi connectivity index (χ4n) is 4.04. The number of fused-ring (bicyclic) bond motifs is 2. The van der Waals surface area contributed by atoms with Crippen molar-refractivity contribution in [1.29, 1.82) is 0 Å². The van der Waals surface area contributed by atoms with Crippen molar-refractivity contribution in [2.24, 2.45) is 0 Å². The molecule has 0 spiro atoms. The molecule has 0 radical (unpaired) electrons. The normalized spacial score (nSPS) is 17.0. The molecule has 1 aliphatic rings. The second-order valence-electron chi connectivity index (χ2n) is 8.31. The molecule has 2 aromatic carbocycles. The number of ether oxygens (including phenoxy) is 2. The van der Waals surface area contributed by atoms with Gasteiger partial charge in [0, 0.05) is 6.54 Å². The molecule has 2 unspecified atom stereocenters. The van der Waals surface area contributed by atoms with Crippen LogP contribution < -0.4 is 20.3 Å². The van der Waals surface area contributed by atoms with Crippen molar-refractivity contribution >= 4 is 16.9 Å². The molecule has 0 bridgehead atoms. The molecule has 3 heterocycles. The third-order valence-electron chi connectivity index (χ3n) is 5.95.